The number of hydrogen-bond donors (Lipinski definition) is 0. The normalized spacial score (nSPS) is 13.8. The van der Waals surface area contributed by atoms with Crippen LogP contribution in [0, 0.1) is 0 Å². The molecule has 15 aromatic rings. The standard InChI is InChI=1S/C66H36B2N4O2/c1-3-17-37(18-4-1)69-51-29-15-25-39-45-33-57-59(43-23-9-13-31-55(43)73-57)61-41-21-7-11-27-49(41)71(65(45)61)67(63(39)51)47-35-48-54(36-53(47)69)70(38-19-5-2-6-20-38)52-30-16-26-40-46-34-58-60(44-24-10-14-32-56(44)74-58)62-42-22-8-12-28-50(42)72(66(46)62)68(48)64(40)52/h1-36H. The van der Waals surface area contributed by atoms with Crippen molar-refractivity contribution in [3.8, 4) is 22.3 Å². The number of aromatic nitrogens is 2. The lowest BCUT2D eigenvalue weighted by atomic mass is 9.41. The van der Waals surface area contributed by atoms with Crippen LogP contribution in [0.5, 0.6) is 0 Å². The van der Waals surface area contributed by atoms with E-state index in [9.17, 15) is 0 Å². The second-order valence-corrected chi connectivity index (χ2v) is 20.6. The van der Waals surface area contributed by atoms with Crippen LogP contribution in [0.3, 0.4) is 0 Å². The van der Waals surface area contributed by atoms with E-state index in [4.69, 9.17) is 8.83 Å². The number of fused-ring (bicyclic) bond motifs is 22. The molecule has 0 saturated heterocycles. The van der Waals surface area contributed by atoms with Crippen molar-refractivity contribution in [1.82, 2.24) is 8.96 Å². The predicted octanol–water partition coefficient (Wildman–Crippen LogP) is 14.5. The first-order chi connectivity index (χ1) is 36.8. The SMILES string of the molecule is c1ccc(N2c3cc4c(cc3B3c5c(cccc52)-c2cc5oc6ccccc6c5c5c6ccccc6n3c25)B2c3c(cccc3N4c3ccccc3)-c3cc4oc5ccccc5c4c4c5ccccc5n2c34)cc1. The summed E-state index contributed by atoms with van der Waals surface area (Å²) in [7, 11) is 0. The number of para-hydroxylation sites is 6. The summed E-state index contributed by atoms with van der Waals surface area (Å²) in [6, 6.07) is 80.9. The van der Waals surface area contributed by atoms with Gasteiger partial charge < -0.3 is 27.6 Å². The molecule has 0 fully saturated rings. The lowest BCUT2D eigenvalue weighted by Crippen LogP contribution is -2.61. The Bertz CT molecular complexity index is 4750. The predicted molar refractivity (Wildman–Crippen MR) is 308 cm³/mol. The van der Waals surface area contributed by atoms with Gasteiger partial charge in [-0.3, -0.25) is 0 Å². The summed E-state index contributed by atoms with van der Waals surface area (Å²) in [5.41, 5.74) is 25.5. The summed E-state index contributed by atoms with van der Waals surface area (Å²) in [5, 5.41) is 9.59. The molecule has 4 aromatic heterocycles. The molecule has 0 spiro atoms. The van der Waals surface area contributed by atoms with Crippen LogP contribution < -0.4 is 31.7 Å². The summed E-state index contributed by atoms with van der Waals surface area (Å²) >= 11 is 0. The fraction of sp³-hybridized carbons (Fsp3) is 0. The van der Waals surface area contributed by atoms with E-state index in [1.807, 2.05) is 0 Å². The van der Waals surface area contributed by atoms with E-state index < -0.39 is 0 Å². The Morgan fingerprint density at radius 3 is 1.19 bits per heavy atom. The third-order valence-corrected chi connectivity index (χ3v) is 17.2. The van der Waals surface area contributed by atoms with Crippen molar-refractivity contribution in [1.29, 1.82) is 0 Å². The molecule has 8 heteroatoms. The monoisotopic (exact) mass is 938 g/mol. The van der Waals surface area contributed by atoms with Gasteiger partial charge in [-0.15, -0.1) is 0 Å². The van der Waals surface area contributed by atoms with E-state index in [1.54, 1.807) is 0 Å². The van der Waals surface area contributed by atoms with Gasteiger partial charge in [0.05, 0.1) is 0 Å². The molecule has 8 heterocycles. The van der Waals surface area contributed by atoms with Crippen molar-refractivity contribution < 1.29 is 8.83 Å². The molecule has 4 aliphatic heterocycles. The van der Waals surface area contributed by atoms with E-state index in [-0.39, 0.29) is 13.7 Å². The maximum atomic E-state index is 6.80. The van der Waals surface area contributed by atoms with E-state index >= 15 is 0 Å². The Balaban J connectivity index is 0.996. The Hall–Kier alpha value is -9.65. The molecule has 0 saturated carbocycles. The minimum absolute atomic E-state index is 0.164. The van der Waals surface area contributed by atoms with Gasteiger partial charge in [-0.05, 0) is 112 Å². The molecule has 0 amide bonds. The summed E-state index contributed by atoms with van der Waals surface area (Å²) in [6.07, 6.45) is 0. The summed E-state index contributed by atoms with van der Waals surface area (Å²) in [4.78, 5) is 5.07. The maximum Gasteiger partial charge on any atom is 0.333 e. The average molecular weight is 939 g/mol. The quantitative estimate of drug-likeness (QED) is 0.162. The van der Waals surface area contributed by atoms with Gasteiger partial charge in [0.25, 0.3) is 0 Å². The number of anilines is 6. The zero-order valence-corrected chi connectivity index (χ0v) is 39.5. The fourth-order valence-corrected chi connectivity index (χ4v) is 14.6. The van der Waals surface area contributed by atoms with Crippen LogP contribution in [0.4, 0.5) is 34.1 Å². The smallest absolute Gasteiger partial charge is 0.333 e. The van der Waals surface area contributed by atoms with E-state index in [0.717, 1.165) is 44.5 Å². The van der Waals surface area contributed by atoms with Gasteiger partial charge in [-0.2, -0.15) is 0 Å². The average Bonchev–Trinajstić information content (AvgIpc) is 4.22. The van der Waals surface area contributed by atoms with E-state index in [0.29, 0.717) is 0 Å². The third kappa shape index (κ3) is 4.42. The zero-order chi connectivity index (χ0) is 47.7. The highest BCUT2D eigenvalue weighted by Gasteiger charge is 2.48. The minimum Gasteiger partial charge on any atom is -0.456 e. The Kier molecular flexibility index (Phi) is 6.82. The van der Waals surface area contributed by atoms with Crippen LogP contribution in [0.15, 0.2) is 227 Å². The van der Waals surface area contributed by atoms with Crippen molar-refractivity contribution in [2.45, 2.75) is 0 Å². The van der Waals surface area contributed by atoms with Crippen molar-refractivity contribution in [2.24, 2.45) is 0 Å². The third-order valence-electron chi connectivity index (χ3n) is 17.2. The van der Waals surface area contributed by atoms with Crippen molar-refractivity contribution in [3.05, 3.63) is 218 Å². The topological polar surface area (TPSA) is 42.6 Å². The minimum atomic E-state index is -0.164. The van der Waals surface area contributed by atoms with Crippen molar-refractivity contribution in [2.75, 3.05) is 9.80 Å². The van der Waals surface area contributed by atoms with Crippen LogP contribution in [0.1, 0.15) is 0 Å². The summed E-state index contributed by atoms with van der Waals surface area (Å²) < 4.78 is 19.0. The van der Waals surface area contributed by atoms with Gasteiger partial charge in [0.15, 0.2) is 0 Å². The Labute approximate surface area is 423 Å². The van der Waals surface area contributed by atoms with Crippen LogP contribution in [-0.4, -0.2) is 22.7 Å². The molecule has 0 N–H and O–H groups in total. The highest BCUT2D eigenvalue weighted by Crippen LogP contribution is 2.52. The number of benzene rings is 11. The van der Waals surface area contributed by atoms with Crippen LogP contribution in [0.25, 0.3) is 110 Å². The molecule has 0 aliphatic carbocycles. The molecule has 6 nitrogen and oxygen atoms in total. The van der Waals surface area contributed by atoms with Crippen LogP contribution in [-0.2, 0) is 0 Å². The van der Waals surface area contributed by atoms with Gasteiger partial charge in [0.1, 0.15) is 22.3 Å². The lowest BCUT2D eigenvalue weighted by Gasteiger charge is -2.44. The molecule has 19 rings (SSSR count). The second-order valence-electron chi connectivity index (χ2n) is 20.6. The van der Waals surface area contributed by atoms with Gasteiger partial charge in [-0.25, -0.2) is 0 Å². The lowest BCUT2D eigenvalue weighted by molar-refractivity contribution is 0.669. The molecular formula is C66H36B2N4O2. The first kappa shape index (κ1) is 38.1. The number of rotatable bonds is 2. The Morgan fingerprint density at radius 2 is 0.716 bits per heavy atom. The number of furan rings is 2. The molecule has 4 aliphatic rings. The van der Waals surface area contributed by atoms with E-state index in [2.05, 4.69) is 237 Å². The van der Waals surface area contributed by atoms with Crippen molar-refractivity contribution in [3.63, 3.8) is 0 Å². The van der Waals surface area contributed by atoms with Crippen LogP contribution in [0.2, 0.25) is 0 Å². The van der Waals surface area contributed by atoms with Gasteiger partial charge >= 0.3 is 13.7 Å². The molecular weight excluding hydrogens is 902 g/mol. The second kappa shape index (κ2) is 13.2. The molecule has 338 valence electrons. The first-order valence-electron chi connectivity index (χ1n) is 25.7. The molecule has 74 heavy (non-hydrogen) atoms. The van der Waals surface area contributed by atoms with Crippen LogP contribution >= 0.6 is 0 Å². The highest BCUT2D eigenvalue weighted by molar-refractivity contribution is 6.93. The maximum absolute atomic E-state index is 6.80. The number of nitrogens with zero attached hydrogens (tertiary/aromatic N) is 4. The van der Waals surface area contributed by atoms with Crippen molar-refractivity contribution >= 4 is 157 Å². The van der Waals surface area contributed by atoms with Gasteiger partial charge in [0.2, 0.25) is 0 Å². The van der Waals surface area contributed by atoms with E-state index in [1.165, 1.54) is 121 Å². The largest absolute Gasteiger partial charge is 0.456 e. The highest BCUT2D eigenvalue weighted by atomic mass is 16.3. The van der Waals surface area contributed by atoms with Gasteiger partial charge in [-0.1, -0.05) is 140 Å². The summed E-state index contributed by atoms with van der Waals surface area (Å²) in [5.74, 6) is 0. The zero-order valence-electron chi connectivity index (χ0n) is 39.5. The molecule has 0 unspecified atom stereocenters. The summed E-state index contributed by atoms with van der Waals surface area (Å²) in [6.45, 7) is -0.328. The van der Waals surface area contributed by atoms with Gasteiger partial charge in [0, 0.05) is 110 Å². The molecule has 0 bridgehead atoms. The molecule has 0 radical (unpaired) electrons. The molecule has 11 aromatic carbocycles. The fourth-order valence-electron chi connectivity index (χ4n) is 14.6. The molecule has 0 atom stereocenters. The first-order valence-corrected chi connectivity index (χ1v) is 25.7. The number of hydrogen-bond acceptors (Lipinski definition) is 4. The Morgan fingerprint density at radius 1 is 0.297 bits per heavy atom.